The minimum Gasteiger partial charge on any atom is -0.463 e. The van der Waals surface area contributed by atoms with Crippen LogP contribution in [0, 0.1) is 11.8 Å². The van der Waals surface area contributed by atoms with Crippen LogP contribution in [0.1, 0.15) is 40.5 Å². The average molecular weight is 312 g/mol. The number of hydrogen-bond donors (Lipinski definition) is 2. The first-order chi connectivity index (χ1) is 8.85. The lowest BCUT2D eigenvalue weighted by Gasteiger charge is -2.17. The van der Waals surface area contributed by atoms with Crippen LogP contribution in [-0.2, 0) is 14.3 Å². The van der Waals surface area contributed by atoms with Crippen molar-refractivity contribution in [3.8, 4) is 0 Å². The van der Waals surface area contributed by atoms with Crippen molar-refractivity contribution < 1.29 is 19.4 Å². The second-order valence-corrected chi connectivity index (χ2v) is 5.65. The minimum absolute atomic E-state index is 0. The Morgan fingerprint density at radius 2 is 1.80 bits per heavy atom. The second kappa shape index (κ2) is 12.4. The van der Waals surface area contributed by atoms with E-state index in [4.69, 9.17) is 15.2 Å². The first kappa shape index (κ1) is 21.9. The standard InChI is InChI=1S/C14H29NO4.ClH/c1-10(2)5-12(7-15)6-14(17)19-9-13(16)8-18-11(3)4;/h10-13,16H,5-9,15H2,1-4H3;1H/t12-,13?;/m0./s1. The predicted molar refractivity (Wildman–Crippen MR) is 81.9 cm³/mol. The van der Waals surface area contributed by atoms with Crippen LogP contribution < -0.4 is 5.73 Å². The molecule has 0 aromatic rings. The quantitative estimate of drug-likeness (QED) is 0.601. The molecule has 3 N–H and O–H groups in total. The molecule has 0 aliphatic heterocycles. The van der Waals surface area contributed by atoms with Crippen LogP contribution in [0.4, 0.5) is 0 Å². The van der Waals surface area contributed by atoms with E-state index in [0.717, 1.165) is 6.42 Å². The van der Waals surface area contributed by atoms with Crippen molar-refractivity contribution in [2.24, 2.45) is 17.6 Å². The van der Waals surface area contributed by atoms with Gasteiger partial charge in [-0.3, -0.25) is 4.79 Å². The number of hydrogen-bond acceptors (Lipinski definition) is 5. The Balaban J connectivity index is 0. The molecular formula is C14H30ClNO4. The van der Waals surface area contributed by atoms with Crippen molar-refractivity contribution in [2.45, 2.75) is 52.7 Å². The van der Waals surface area contributed by atoms with Gasteiger partial charge in [0.15, 0.2) is 0 Å². The van der Waals surface area contributed by atoms with E-state index in [1.165, 1.54) is 0 Å². The summed E-state index contributed by atoms with van der Waals surface area (Å²) in [5.41, 5.74) is 5.63. The summed E-state index contributed by atoms with van der Waals surface area (Å²) in [5.74, 6) is 0.350. The van der Waals surface area contributed by atoms with Gasteiger partial charge in [0.1, 0.15) is 12.7 Å². The molecule has 2 atom stereocenters. The fourth-order valence-electron chi connectivity index (χ4n) is 1.76. The SMILES string of the molecule is CC(C)C[C@H](CN)CC(=O)OCC(O)COC(C)C.Cl. The van der Waals surface area contributed by atoms with E-state index in [9.17, 15) is 9.90 Å². The average Bonchev–Trinajstić information content (AvgIpc) is 2.32. The number of aliphatic hydroxyl groups excluding tert-OH is 1. The molecule has 0 aliphatic carbocycles. The van der Waals surface area contributed by atoms with Gasteiger partial charge >= 0.3 is 5.97 Å². The van der Waals surface area contributed by atoms with Crippen LogP contribution in [0.25, 0.3) is 0 Å². The van der Waals surface area contributed by atoms with Crippen LogP contribution in [-0.4, -0.2) is 43.0 Å². The van der Waals surface area contributed by atoms with Gasteiger partial charge in [-0.25, -0.2) is 0 Å². The number of rotatable bonds is 10. The maximum absolute atomic E-state index is 11.6. The van der Waals surface area contributed by atoms with E-state index in [1.54, 1.807) is 0 Å². The third-order valence-corrected chi connectivity index (χ3v) is 2.65. The van der Waals surface area contributed by atoms with E-state index in [1.807, 2.05) is 13.8 Å². The van der Waals surface area contributed by atoms with Crippen molar-refractivity contribution in [1.29, 1.82) is 0 Å². The van der Waals surface area contributed by atoms with Crippen LogP contribution in [0.2, 0.25) is 0 Å². The molecule has 6 heteroatoms. The monoisotopic (exact) mass is 311 g/mol. The van der Waals surface area contributed by atoms with E-state index >= 15 is 0 Å². The summed E-state index contributed by atoms with van der Waals surface area (Å²) in [6, 6.07) is 0. The summed E-state index contributed by atoms with van der Waals surface area (Å²) in [7, 11) is 0. The van der Waals surface area contributed by atoms with E-state index in [-0.39, 0.29) is 43.6 Å². The Kier molecular flexibility index (Phi) is 13.6. The number of carbonyl (C=O) groups is 1. The lowest BCUT2D eigenvalue weighted by Crippen LogP contribution is -2.27. The number of esters is 1. The van der Waals surface area contributed by atoms with Gasteiger partial charge in [-0.1, -0.05) is 13.8 Å². The molecule has 20 heavy (non-hydrogen) atoms. The topological polar surface area (TPSA) is 81.8 Å². The third kappa shape index (κ3) is 12.7. The van der Waals surface area contributed by atoms with Gasteiger partial charge in [-0.2, -0.15) is 0 Å². The smallest absolute Gasteiger partial charge is 0.306 e. The molecule has 0 amide bonds. The summed E-state index contributed by atoms with van der Waals surface area (Å²) < 4.78 is 10.3. The molecule has 0 radical (unpaired) electrons. The molecule has 0 bridgehead atoms. The lowest BCUT2D eigenvalue weighted by atomic mass is 9.94. The number of nitrogens with two attached hydrogens (primary N) is 1. The van der Waals surface area contributed by atoms with Gasteiger partial charge in [-0.15, -0.1) is 12.4 Å². The molecular weight excluding hydrogens is 282 g/mol. The van der Waals surface area contributed by atoms with Crippen LogP contribution in [0.15, 0.2) is 0 Å². The highest BCUT2D eigenvalue weighted by Gasteiger charge is 2.16. The Labute approximate surface area is 128 Å². The van der Waals surface area contributed by atoms with Gasteiger partial charge in [0.2, 0.25) is 0 Å². The largest absolute Gasteiger partial charge is 0.463 e. The molecule has 122 valence electrons. The molecule has 0 saturated heterocycles. The molecule has 0 heterocycles. The molecule has 0 aromatic heterocycles. The molecule has 0 fully saturated rings. The van der Waals surface area contributed by atoms with Crippen LogP contribution in [0.3, 0.4) is 0 Å². The highest BCUT2D eigenvalue weighted by atomic mass is 35.5. The number of ether oxygens (including phenoxy) is 2. The van der Waals surface area contributed by atoms with Crippen molar-refractivity contribution >= 4 is 18.4 Å². The summed E-state index contributed by atoms with van der Waals surface area (Å²) >= 11 is 0. The molecule has 0 spiro atoms. The van der Waals surface area contributed by atoms with Crippen molar-refractivity contribution in [3.63, 3.8) is 0 Å². The zero-order valence-electron chi connectivity index (χ0n) is 13.0. The van der Waals surface area contributed by atoms with Crippen LogP contribution >= 0.6 is 12.4 Å². The molecule has 0 aromatic carbocycles. The fraction of sp³-hybridized carbons (Fsp3) is 0.929. The lowest BCUT2D eigenvalue weighted by molar-refractivity contribution is -0.149. The summed E-state index contributed by atoms with van der Waals surface area (Å²) in [5, 5.41) is 9.56. The van der Waals surface area contributed by atoms with E-state index in [2.05, 4.69) is 13.8 Å². The van der Waals surface area contributed by atoms with Gasteiger partial charge < -0.3 is 20.3 Å². The Morgan fingerprint density at radius 3 is 2.25 bits per heavy atom. The number of halogens is 1. The van der Waals surface area contributed by atoms with Crippen molar-refractivity contribution in [3.05, 3.63) is 0 Å². The normalized spacial score (nSPS) is 14.0. The summed E-state index contributed by atoms with van der Waals surface area (Å²) in [6.07, 6.45) is 0.502. The van der Waals surface area contributed by atoms with Crippen molar-refractivity contribution in [1.82, 2.24) is 0 Å². The Morgan fingerprint density at radius 1 is 1.20 bits per heavy atom. The zero-order valence-corrected chi connectivity index (χ0v) is 13.8. The van der Waals surface area contributed by atoms with Gasteiger partial charge in [0.25, 0.3) is 0 Å². The fourth-order valence-corrected chi connectivity index (χ4v) is 1.76. The van der Waals surface area contributed by atoms with Gasteiger partial charge in [0, 0.05) is 6.42 Å². The van der Waals surface area contributed by atoms with E-state index in [0.29, 0.717) is 18.9 Å². The number of carbonyl (C=O) groups excluding carboxylic acids is 1. The molecule has 5 nitrogen and oxygen atoms in total. The molecule has 0 saturated carbocycles. The first-order valence-electron chi connectivity index (χ1n) is 7.00. The van der Waals surface area contributed by atoms with Crippen molar-refractivity contribution in [2.75, 3.05) is 19.8 Å². The first-order valence-corrected chi connectivity index (χ1v) is 7.00. The molecule has 0 rings (SSSR count). The Bertz CT molecular complexity index is 249. The van der Waals surface area contributed by atoms with Crippen LogP contribution in [0.5, 0.6) is 0 Å². The molecule has 0 aliphatic rings. The van der Waals surface area contributed by atoms with Gasteiger partial charge in [0.05, 0.1) is 12.7 Å². The maximum Gasteiger partial charge on any atom is 0.306 e. The highest BCUT2D eigenvalue weighted by molar-refractivity contribution is 5.85. The number of aliphatic hydroxyl groups is 1. The molecule has 1 unspecified atom stereocenters. The zero-order chi connectivity index (χ0) is 14.8. The second-order valence-electron chi connectivity index (χ2n) is 5.65. The third-order valence-electron chi connectivity index (χ3n) is 2.65. The highest BCUT2D eigenvalue weighted by Crippen LogP contribution is 2.14. The maximum atomic E-state index is 11.6. The summed E-state index contributed by atoms with van der Waals surface area (Å²) in [6.45, 7) is 8.60. The van der Waals surface area contributed by atoms with E-state index < -0.39 is 6.10 Å². The Hall–Kier alpha value is -0.360. The van der Waals surface area contributed by atoms with Gasteiger partial charge in [-0.05, 0) is 38.6 Å². The predicted octanol–water partition coefficient (Wildman–Crippen LogP) is 1.75. The summed E-state index contributed by atoms with van der Waals surface area (Å²) in [4.78, 5) is 11.6. The minimum atomic E-state index is -0.771.